The fourth-order valence-corrected chi connectivity index (χ4v) is 3.22. The van der Waals surface area contributed by atoms with Crippen LogP contribution in [0.1, 0.15) is 44.1 Å². The Labute approximate surface area is 125 Å². The van der Waals surface area contributed by atoms with Gasteiger partial charge in [0.05, 0.1) is 5.52 Å². The average Bonchev–Trinajstić information content (AvgIpc) is 2.90. The zero-order valence-corrected chi connectivity index (χ0v) is 13.0. The van der Waals surface area contributed by atoms with Crippen molar-refractivity contribution in [3.05, 3.63) is 30.0 Å². The molecule has 1 aromatic heterocycles. The number of hydrogen-bond donors (Lipinski definition) is 1. The molecule has 1 saturated heterocycles. The molecule has 1 aliphatic rings. The summed E-state index contributed by atoms with van der Waals surface area (Å²) in [6.07, 6.45) is 2.16. The summed E-state index contributed by atoms with van der Waals surface area (Å²) in [4.78, 5) is 14.6. The number of nitrogens with zero attached hydrogens (tertiary/aromatic N) is 2. The summed E-state index contributed by atoms with van der Waals surface area (Å²) in [6, 6.07) is 7.79. The van der Waals surface area contributed by atoms with Gasteiger partial charge in [-0.1, -0.05) is 39.0 Å². The molecule has 1 amide bonds. The molecule has 21 heavy (non-hydrogen) atoms. The van der Waals surface area contributed by atoms with Crippen LogP contribution in [-0.4, -0.2) is 34.1 Å². The van der Waals surface area contributed by atoms with Crippen molar-refractivity contribution in [2.45, 2.75) is 33.6 Å². The highest BCUT2D eigenvalue weighted by Crippen LogP contribution is 2.34. The normalized spacial score (nSPS) is 17.4. The number of piperidine rings is 1. The molecule has 1 N–H and O–H groups in total. The van der Waals surface area contributed by atoms with Gasteiger partial charge >= 0.3 is 0 Å². The average molecular weight is 285 g/mol. The van der Waals surface area contributed by atoms with E-state index in [1.807, 2.05) is 29.2 Å². The number of aromatic nitrogens is 2. The third-order valence-corrected chi connectivity index (χ3v) is 4.68. The number of H-pyrrole nitrogens is 1. The van der Waals surface area contributed by atoms with Gasteiger partial charge in [-0.2, -0.15) is 5.10 Å². The van der Waals surface area contributed by atoms with Crippen LogP contribution in [-0.2, 0) is 0 Å². The monoisotopic (exact) mass is 285 g/mol. The fourth-order valence-electron chi connectivity index (χ4n) is 3.22. The maximum atomic E-state index is 12.7. The van der Waals surface area contributed by atoms with Gasteiger partial charge in [0.25, 0.3) is 5.91 Å². The van der Waals surface area contributed by atoms with Crippen LogP contribution in [0.25, 0.3) is 10.9 Å². The Bertz CT molecular complexity index is 645. The number of amides is 1. The minimum absolute atomic E-state index is 0.0554. The molecule has 0 bridgehead atoms. The molecule has 2 aromatic rings. The Hall–Kier alpha value is -1.84. The molecule has 0 unspecified atom stereocenters. The highest BCUT2D eigenvalue weighted by atomic mass is 16.2. The number of para-hydroxylation sites is 1. The Kier molecular flexibility index (Phi) is 3.47. The van der Waals surface area contributed by atoms with E-state index in [2.05, 4.69) is 31.0 Å². The number of hydrogen-bond acceptors (Lipinski definition) is 2. The highest BCUT2D eigenvalue weighted by Gasteiger charge is 2.31. The summed E-state index contributed by atoms with van der Waals surface area (Å²) in [5.41, 5.74) is 1.80. The maximum Gasteiger partial charge on any atom is 0.274 e. The lowest BCUT2D eigenvalue weighted by Crippen LogP contribution is -2.41. The molecule has 0 saturated carbocycles. The van der Waals surface area contributed by atoms with Crippen LogP contribution in [0.15, 0.2) is 24.3 Å². The fraction of sp³-hybridized carbons (Fsp3) is 0.529. The second kappa shape index (κ2) is 5.17. The van der Waals surface area contributed by atoms with Crippen LogP contribution in [0, 0.1) is 11.3 Å². The van der Waals surface area contributed by atoms with Gasteiger partial charge in [-0.25, -0.2) is 0 Å². The number of aromatic amines is 1. The molecule has 1 aromatic carbocycles. The summed E-state index contributed by atoms with van der Waals surface area (Å²) < 4.78 is 0. The van der Waals surface area contributed by atoms with Crippen molar-refractivity contribution >= 4 is 16.8 Å². The van der Waals surface area contributed by atoms with E-state index in [0.717, 1.165) is 36.8 Å². The summed E-state index contributed by atoms with van der Waals surface area (Å²) >= 11 is 0. The topological polar surface area (TPSA) is 49.0 Å². The molecule has 2 heterocycles. The minimum Gasteiger partial charge on any atom is -0.337 e. The van der Waals surface area contributed by atoms with E-state index in [-0.39, 0.29) is 5.91 Å². The molecule has 0 aliphatic carbocycles. The number of rotatable bonds is 1. The summed E-state index contributed by atoms with van der Waals surface area (Å²) in [6.45, 7) is 8.53. The third-order valence-electron chi connectivity index (χ3n) is 4.68. The second-order valence-electron chi connectivity index (χ2n) is 7.05. The van der Waals surface area contributed by atoms with Crippen LogP contribution >= 0.6 is 0 Å². The number of fused-ring (bicyclic) bond motifs is 1. The van der Waals surface area contributed by atoms with Gasteiger partial charge < -0.3 is 4.90 Å². The molecule has 0 spiro atoms. The lowest BCUT2D eigenvalue weighted by molar-refractivity contribution is 0.0605. The SMILES string of the molecule is CC(C)(C)C1CCN(C(=O)c2n[nH]c3ccccc23)CC1. The maximum absolute atomic E-state index is 12.7. The van der Waals surface area contributed by atoms with Gasteiger partial charge in [-0.05, 0) is 30.2 Å². The molecular weight excluding hydrogens is 262 g/mol. The molecule has 4 nitrogen and oxygen atoms in total. The third kappa shape index (κ3) is 2.67. The Morgan fingerprint density at radius 3 is 2.57 bits per heavy atom. The summed E-state index contributed by atoms with van der Waals surface area (Å²) in [5, 5.41) is 8.08. The van der Waals surface area contributed by atoms with E-state index < -0.39 is 0 Å². The van der Waals surface area contributed by atoms with E-state index in [0.29, 0.717) is 17.0 Å². The smallest absolute Gasteiger partial charge is 0.274 e. The first kappa shape index (κ1) is 14.1. The van der Waals surface area contributed by atoms with Gasteiger partial charge in [-0.3, -0.25) is 9.89 Å². The largest absolute Gasteiger partial charge is 0.337 e. The lowest BCUT2D eigenvalue weighted by atomic mass is 9.75. The van der Waals surface area contributed by atoms with Crippen molar-refractivity contribution in [2.24, 2.45) is 11.3 Å². The highest BCUT2D eigenvalue weighted by molar-refractivity contribution is 6.04. The first-order chi connectivity index (χ1) is 9.97. The van der Waals surface area contributed by atoms with Crippen molar-refractivity contribution in [1.82, 2.24) is 15.1 Å². The van der Waals surface area contributed by atoms with E-state index in [9.17, 15) is 4.79 Å². The van der Waals surface area contributed by atoms with Crippen LogP contribution in [0.5, 0.6) is 0 Å². The number of carbonyl (C=O) groups excluding carboxylic acids is 1. The predicted molar refractivity (Wildman–Crippen MR) is 84.2 cm³/mol. The molecule has 4 heteroatoms. The van der Waals surface area contributed by atoms with Gasteiger partial charge in [-0.15, -0.1) is 0 Å². The van der Waals surface area contributed by atoms with Crippen LogP contribution < -0.4 is 0 Å². The van der Waals surface area contributed by atoms with Crippen molar-refractivity contribution in [3.8, 4) is 0 Å². The lowest BCUT2D eigenvalue weighted by Gasteiger charge is -2.38. The number of benzene rings is 1. The standard InChI is InChI=1S/C17H23N3O/c1-17(2,3)12-8-10-20(11-9-12)16(21)15-13-6-4-5-7-14(13)18-19-15/h4-7,12H,8-11H2,1-3H3,(H,18,19). The first-order valence-electron chi connectivity index (χ1n) is 7.69. The van der Waals surface area contributed by atoms with Crippen molar-refractivity contribution in [3.63, 3.8) is 0 Å². The number of carbonyl (C=O) groups is 1. The first-order valence-corrected chi connectivity index (χ1v) is 7.69. The number of likely N-dealkylation sites (tertiary alicyclic amines) is 1. The molecular formula is C17H23N3O. The molecule has 0 radical (unpaired) electrons. The van der Waals surface area contributed by atoms with Gasteiger partial charge in [0.15, 0.2) is 5.69 Å². The second-order valence-corrected chi connectivity index (χ2v) is 7.05. The Morgan fingerprint density at radius 1 is 1.24 bits per heavy atom. The minimum atomic E-state index is 0.0554. The molecule has 3 rings (SSSR count). The quantitative estimate of drug-likeness (QED) is 0.872. The van der Waals surface area contributed by atoms with Crippen LogP contribution in [0.2, 0.25) is 0 Å². The van der Waals surface area contributed by atoms with E-state index >= 15 is 0 Å². The Morgan fingerprint density at radius 2 is 1.90 bits per heavy atom. The van der Waals surface area contributed by atoms with E-state index in [1.54, 1.807) is 0 Å². The summed E-state index contributed by atoms with van der Waals surface area (Å²) in [5.74, 6) is 0.747. The van der Waals surface area contributed by atoms with E-state index in [1.165, 1.54) is 0 Å². The molecule has 112 valence electrons. The van der Waals surface area contributed by atoms with Crippen LogP contribution in [0.4, 0.5) is 0 Å². The summed E-state index contributed by atoms with van der Waals surface area (Å²) in [7, 11) is 0. The van der Waals surface area contributed by atoms with Gasteiger partial charge in [0.2, 0.25) is 0 Å². The van der Waals surface area contributed by atoms with Gasteiger partial charge in [0.1, 0.15) is 0 Å². The van der Waals surface area contributed by atoms with E-state index in [4.69, 9.17) is 0 Å². The van der Waals surface area contributed by atoms with Gasteiger partial charge in [0, 0.05) is 18.5 Å². The van der Waals surface area contributed by atoms with Crippen molar-refractivity contribution in [2.75, 3.05) is 13.1 Å². The Balaban J connectivity index is 1.75. The zero-order valence-electron chi connectivity index (χ0n) is 13.0. The van der Waals surface area contributed by atoms with Crippen molar-refractivity contribution < 1.29 is 4.79 Å². The molecule has 1 fully saturated rings. The zero-order chi connectivity index (χ0) is 15.0. The predicted octanol–water partition coefficient (Wildman–Crippen LogP) is 3.46. The molecule has 1 aliphatic heterocycles. The van der Waals surface area contributed by atoms with Crippen LogP contribution in [0.3, 0.4) is 0 Å². The molecule has 0 atom stereocenters. The van der Waals surface area contributed by atoms with Crippen molar-refractivity contribution in [1.29, 1.82) is 0 Å². The number of nitrogens with one attached hydrogen (secondary N) is 1.